The Labute approximate surface area is 143 Å². The maximum absolute atomic E-state index is 12.4. The van der Waals surface area contributed by atoms with E-state index in [4.69, 9.17) is 23.2 Å². The predicted molar refractivity (Wildman–Crippen MR) is 88.4 cm³/mol. The Morgan fingerprint density at radius 3 is 2.39 bits per heavy atom. The van der Waals surface area contributed by atoms with Gasteiger partial charge < -0.3 is 5.11 Å². The van der Waals surface area contributed by atoms with Crippen molar-refractivity contribution < 1.29 is 18.3 Å². The Hall–Kier alpha value is -1.60. The number of carboxylic acid groups (broad SMARTS) is 1. The average Bonchev–Trinajstić information content (AvgIpc) is 2.49. The summed E-state index contributed by atoms with van der Waals surface area (Å²) < 4.78 is 26.9. The second-order valence-electron chi connectivity index (χ2n) is 4.78. The number of halogens is 2. The van der Waals surface area contributed by atoms with Crippen LogP contribution in [-0.4, -0.2) is 25.5 Å². The van der Waals surface area contributed by atoms with E-state index in [1.807, 2.05) is 0 Å². The van der Waals surface area contributed by atoms with Crippen molar-refractivity contribution in [3.05, 3.63) is 64.1 Å². The number of hydrogen-bond donors (Lipinski definition) is 2. The topological polar surface area (TPSA) is 83.5 Å². The fourth-order valence-electron chi connectivity index (χ4n) is 1.96. The van der Waals surface area contributed by atoms with Crippen LogP contribution in [-0.2, 0) is 21.2 Å². The van der Waals surface area contributed by atoms with Crippen LogP contribution < -0.4 is 4.72 Å². The quantitative estimate of drug-likeness (QED) is 0.814. The van der Waals surface area contributed by atoms with E-state index in [1.54, 1.807) is 30.3 Å². The highest BCUT2D eigenvalue weighted by Crippen LogP contribution is 2.25. The van der Waals surface area contributed by atoms with Gasteiger partial charge in [0.2, 0.25) is 10.0 Å². The lowest BCUT2D eigenvalue weighted by atomic mass is 10.1. The second kappa shape index (κ2) is 7.31. The van der Waals surface area contributed by atoms with Gasteiger partial charge in [-0.15, -0.1) is 0 Å². The molecule has 23 heavy (non-hydrogen) atoms. The van der Waals surface area contributed by atoms with Crippen molar-refractivity contribution in [2.24, 2.45) is 0 Å². The molecule has 0 aliphatic heterocycles. The molecule has 0 aliphatic rings. The molecule has 8 heteroatoms. The van der Waals surface area contributed by atoms with Crippen molar-refractivity contribution in [1.82, 2.24) is 4.72 Å². The third-order valence-corrected chi connectivity index (χ3v) is 5.25. The Bertz CT molecular complexity index is 809. The fraction of sp³-hybridized carbons (Fsp3) is 0.133. The summed E-state index contributed by atoms with van der Waals surface area (Å²) in [6.45, 7) is 0. The number of carbonyl (C=O) groups is 1. The van der Waals surface area contributed by atoms with Crippen molar-refractivity contribution >= 4 is 39.2 Å². The number of sulfonamides is 1. The number of benzene rings is 2. The minimum Gasteiger partial charge on any atom is -0.480 e. The van der Waals surface area contributed by atoms with Gasteiger partial charge in [-0.1, -0.05) is 53.5 Å². The summed E-state index contributed by atoms with van der Waals surface area (Å²) in [5.41, 5.74) is 0.694. The zero-order valence-electron chi connectivity index (χ0n) is 11.7. The highest BCUT2D eigenvalue weighted by molar-refractivity contribution is 7.89. The maximum atomic E-state index is 12.4. The summed E-state index contributed by atoms with van der Waals surface area (Å²) in [6.07, 6.45) is 0.00753. The first kappa shape index (κ1) is 17.7. The van der Waals surface area contributed by atoms with E-state index in [0.29, 0.717) is 5.56 Å². The highest BCUT2D eigenvalue weighted by atomic mass is 35.5. The molecule has 5 nitrogen and oxygen atoms in total. The summed E-state index contributed by atoms with van der Waals surface area (Å²) in [6, 6.07) is 11.4. The maximum Gasteiger partial charge on any atom is 0.322 e. The molecule has 0 unspecified atom stereocenters. The minimum atomic E-state index is -4.13. The lowest BCUT2D eigenvalue weighted by Gasteiger charge is -2.15. The van der Waals surface area contributed by atoms with Gasteiger partial charge in [-0.3, -0.25) is 4.79 Å². The second-order valence-corrected chi connectivity index (χ2v) is 7.30. The van der Waals surface area contributed by atoms with Gasteiger partial charge in [-0.2, -0.15) is 4.72 Å². The van der Waals surface area contributed by atoms with Crippen LogP contribution >= 0.6 is 23.2 Å². The average molecular weight is 374 g/mol. The highest BCUT2D eigenvalue weighted by Gasteiger charge is 2.27. The summed E-state index contributed by atoms with van der Waals surface area (Å²) >= 11 is 11.7. The Balaban J connectivity index is 2.28. The Kier molecular flexibility index (Phi) is 5.64. The first-order chi connectivity index (χ1) is 10.8. The summed E-state index contributed by atoms with van der Waals surface area (Å²) in [5.74, 6) is -1.28. The number of hydrogen-bond acceptors (Lipinski definition) is 3. The van der Waals surface area contributed by atoms with Crippen molar-refractivity contribution in [3.63, 3.8) is 0 Å². The molecule has 0 aliphatic carbocycles. The predicted octanol–water partition coefficient (Wildman–Crippen LogP) is 2.97. The SMILES string of the molecule is O=C(O)[C@@H](Cc1ccccc1)NS(=O)(=O)c1cc(Cl)ccc1Cl. The molecule has 0 bridgehead atoms. The molecule has 2 N–H and O–H groups in total. The van der Waals surface area contributed by atoms with Crippen LogP contribution in [0.1, 0.15) is 5.56 Å². The molecule has 0 aromatic heterocycles. The lowest BCUT2D eigenvalue weighted by Crippen LogP contribution is -2.42. The molecular weight excluding hydrogens is 361 g/mol. The first-order valence-corrected chi connectivity index (χ1v) is 8.77. The number of nitrogens with one attached hydrogen (secondary N) is 1. The third kappa shape index (κ3) is 4.68. The van der Waals surface area contributed by atoms with Crippen LogP contribution in [0.3, 0.4) is 0 Å². The minimum absolute atomic E-state index is 0.00753. The van der Waals surface area contributed by atoms with E-state index in [1.165, 1.54) is 18.2 Å². The van der Waals surface area contributed by atoms with Gasteiger partial charge in [0.25, 0.3) is 0 Å². The van der Waals surface area contributed by atoms with E-state index >= 15 is 0 Å². The summed E-state index contributed by atoms with van der Waals surface area (Å²) in [5, 5.41) is 9.43. The normalized spacial score (nSPS) is 12.8. The van der Waals surface area contributed by atoms with Gasteiger partial charge in [0, 0.05) is 5.02 Å². The van der Waals surface area contributed by atoms with Gasteiger partial charge in [0.1, 0.15) is 10.9 Å². The molecule has 2 aromatic rings. The van der Waals surface area contributed by atoms with Crippen molar-refractivity contribution in [3.8, 4) is 0 Å². The van der Waals surface area contributed by atoms with E-state index in [2.05, 4.69) is 4.72 Å². The monoisotopic (exact) mass is 373 g/mol. The Morgan fingerprint density at radius 1 is 1.13 bits per heavy atom. The molecule has 0 heterocycles. The number of aliphatic carboxylic acids is 1. The third-order valence-electron chi connectivity index (χ3n) is 3.06. The molecule has 2 aromatic carbocycles. The largest absolute Gasteiger partial charge is 0.480 e. The van der Waals surface area contributed by atoms with E-state index in [0.717, 1.165) is 0 Å². The van der Waals surface area contributed by atoms with Crippen LogP contribution in [0.5, 0.6) is 0 Å². The van der Waals surface area contributed by atoms with E-state index in [-0.39, 0.29) is 21.4 Å². The standard InChI is InChI=1S/C15H13Cl2NO4S/c16-11-6-7-12(17)14(9-11)23(21,22)18-13(15(19)20)8-10-4-2-1-3-5-10/h1-7,9,13,18H,8H2,(H,19,20)/t13-/m1/s1. The van der Waals surface area contributed by atoms with Crippen LogP contribution in [0.4, 0.5) is 0 Å². The molecule has 0 saturated heterocycles. The van der Waals surface area contributed by atoms with Crippen LogP contribution in [0.2, 0.25) is 10.0 Å². The molecule has 1 atom stereocenters. The molecule has 2 rings (SSSR count). The molecule has 0 saturated carbocycles. The summed E-state index contributed by atoms with van der Waals surface area (Å²) in [4.78, 5) is 11.1. The van der Waals surface area contributed by atoms with Gasteiger partial charge in [0.05, 0.1) is 5.02 Å². The van der Waals surface area contributed by atoms with E-state index in [9.17, 15) is 18.3 Å². The van der Waals surface area contributed by atoms with Crippen LogP contribution in [0.25, 0.3) is 0 Å². The van der Waals surface area contributed by atoms with Gasteiger partial charge in [0.15, 0.2) is 0 Å². The number of carboxylic acids is 1. The zero-order chi connectivity index (χ0) is 17.0. The Morgan fingerprint density at radius 2 is 1.78 bits per heavy atom. The first-order valence-electron chi connectivity index (χ1n) is 6.54. The molecule has 0 spiro atoms. The molecule has 122 valence electrons. The van der Waals surface area contributed by atoms with Gasteiger partial charge in [-0.05, 0) is 30.2 Å². The van der Waals surface area contributed by atoms with Crippen LogP contribution in [0.15, 0.2) is 53.4 Å². The molecular formula is C15H13Cl2NO4S. The van der Waals surface area contributed by atoms with Crippen molar-refractivity contribution in [2.75, 3.05) is 0 Å². The van der Waals surface area contributed by atoms with Gasteiger partial charge >= 0.3 is 5.97 Å². The zero-order valence-corrected chi connectivity index (χ0v) is 14.1. The molecule has 0 fully saturated rings. The molecule has 0 radical (unpaired) electrons. The summed E-state index contributed by atoms with van der Waals surface area (Å²) in [7, 11) is -4.13. The van der Waals surface area contributed by atoms with Crippen molar-refractivity contribution in [1.29, 1.82) is 0 Å². The van der Waals surface area contributed by atoms with Gasteiger partial charge in [-0.25, -0.2) is 8.42 Å². The smallest absolute Gasteiger partial charge is 0.322 e. The number of rotatable bonds is 6. The van der Waals surface area contributed by atoms with Crippen LogP contribution in [0, 0.1) is 0 Å². The molecule has 0 amide bonds. The van der Waals surface area contributed by atoms with E-state index < -0.39 is 22.0 Å². The lowest BCUT2D eigenvalue weighted by molar-refractivity contribution is -0.138. The fourth-order valence-corrected chi connectivity index (χ4v) is 3.91. The van der Waals surface area contributed by atoms with Crippen molar-refractivity contribution in [2.45, 2.75) is 17.4 Å².